The van der Waals surface area contributed by atoms with E-state index in [4.69, 9.17) is 18.4 Å². The molecular formula is C18H16N2O5. The lowest BCUT2D eigenvalue weighted by atomic mass is 10.2. The maximum absolute atomic E-state index is 12.1. The summed E-state index contributed by atoms with van der Waals surface area (Å²) in [4.78, 5) is 16.3. The lowest BCUT2D eigenvalue weighted by Crippen LogP contribution is -2.08. The molecule has 1 aromatic carbocycles. The molecule has 2 atom stereocenters. The third-order valence-electron chi connectivity index (χ3n) is 4.15. The smallest absolute Gasteiger partial charge is 0.310 e. The lowest BCUT2D eigenvalue weighted by molar-refractivity contribution is -0.147. The van der Waals surface area contributed by atoms with Crippen LogP contribution in [0, 0.1) is 5.92 Å². The normalized spacial score (nSPS) is 18.8. The number of aromatic nitrogens is 2. The van der Waals surface area contributed by atoms with Crippen LogP contribution in [0.3, 0.4) is 0 Å². The number of carbonyl (C=O) groups excluding carboxylic acids is 1. The number of nitrogens with zero attached hydrogens (tertiary/aromatic N) is 2. The molecule has 1 aliphatic rings. The fraction of sp³-hybridized carbons (Fsp3) is 0.278. The first-order chi connectivity index (χ1) is 12.2. The van der Waals surface area contributed by atoms with Gasteiger partial charge in [-0.05, 0) is 42.8 Å². The minimum Gasteiger partial charge on any atom is -0.497 e. The van der Waals surface area contributed by atoms with Crippen LogP contribution in [-0.4, -0.2) is 23.2 Å². The average molecular weight is 340 g/mol. The highest BCUT2D eigenvalue weighted by molar-refractivity contribution is 5.77. The van der Waals surface area contributed by atoms with Crippen LogP contribution in [0.15, 0.2) is 51.6 Å². The number of carbonyl (C=O) groups is 1. The second-order valence-corrected chi connectivity index (χ2v) is 5.82. The molecular weight excluding hydrogens is 324 g/mol. The molecule has 7 nitrogen and oxygen atoms in total. The SMILES string of the molecule is COc1ccc(-c2nc(COC(=O)[C@@H]3C[C@H]3c3ccco3)no2)cc1. The van der Waals surface area contributed by atoms with Crippen molar-refractivity contribution in [3.63, 3.8) is 0 Å². The fourth-order valence-electron chi connectivity index (χ4n) is 2.68. The monoisotopic (exact) mass is 340 g/mol. The van der Waals surface area contributed by atoms with Crippen LogP contribution in [0.5, 0.6) is 5.75 Å². The van der Waals surface area contributed by atoms with Crippen molar-refractivity contribution in [1.82, 2.24) is 10.1 Å². The predicted molar refractivity (Wildman–Crippen MR) is 85.6 cm³/mol. The Morgan fingerprint density at radius 2 is 2.12 bits per heavy atom. The van der Waals surface area contributed by atoms with E-state index >= 15 is 0 Å². The Balaban J connectivity index is 1.33. The summed E-state index contributed by atoms with van der Waals surface area (Å²) in [5.41, 5.74) is 0.769. The number of benzene rings is 1. The zero-order chi connectivity index (χ0) is 17.2. The molecule has 25 heavy (non-hydrogen) atoms. The maximum atomic E-state index is 12.1. The second kappa shape index (κ2) is 6.43. The summed E-state index contributed by atoms with van der Waals surface area (Å²) in [6.45, 7) is -0.0140. The van der Waals surface area contributed by atoms with Gasteiger partial charge in [0.25, 0.3) is 5.89 Å². The number of ether oxygens (including phenoxy) is 2. The van der Waals surface area contributed by atoms with E-state index in [1.807, 2.05) is 24.3 Å². The first-order valence-electron chi connectivity index (χ1n) is 7.91. The number of methoxy groups -OCH3 is 1. The van der Waals surface area contributed by atoms with Gasteiger partial charge in [0.1, 0.15) is 11.5 Å². The van der Waals surface area contributed by atoms with Gasteiger partial charge in [0, 0.05) is 11.5 Å². The number of hydrogen-bond acceptors (Lipinski definition) is 7. The van der Waals surface area contributed by atoms with Crippen molar-refractivity contribution < 1.29 is 23.2 Å². The maximum Gasteiger partial charge on any atom is 0.310 e. The zero-order valence-corrected chi connectivity index (χ0v) is 13.5. The molecule has 0 saturated heterocycles. The van der Waals surface area contributed by atoms with Crippen LogP contribution in [0.4, 0.5) is 0 Å². The highest BCUT2D eigenvalue weighted by Gasteiger charge is 2.47. The van der Waals surface area contributed by atoms with Gasteiger partial charge >= 0.3 is 5.97 Å². The van der Waals surface area contributed by atoms with Crippen molar-refractivity contribution in [3.8, 4) is 17.2 Å². The first kappa shape index (κ1) is 15.4. The summed E-state index contributed by atoms with van der Waals surface area (Å²) < 4.78 is 20.9. The number of hydrogen-bond donors (Lipinski definition) is 0. The van der Waals surface area contributed by atoms with Gasteiger partial charge in [-0.3, -0.25) is 4.79 Å². The van der Waals surface area contributed by atoms with Crippen LogP contribution < -0.4 is 4.74 Å². The highest BCUT2D eigenvalue weighted by atomic mass is 16.5. The Hall–Kier alpha value is -3.09. The third kappa shape index (κ3) is 3.26. The highest BCUT2D eigenvalue weighted by Crippen LogP contribution is 2.48. The average Bonchev–Trinajstić information content (AvgIpc) is 3.06. The summed E-state index contributed by atoms with van der Waals surface area (Å²) in [6, 6.07) is 10.9. The second-order valence-electron chi connectivity index (χ2n) is 5.82. The fourth-order valence-corrected chi connectivity index (χ4v) is 2.68. The quantitative estimate of drug-likeness (QED) is 0.637. The molecule has 2 aromatic heterocycles. The summed E-state index contributed by atoms with van der Waals surface area (Å²) >= 11 is 0. The van der Waals surface area contributed by atoms with E-state index in [2.05, 4.69) is 10.1 Å². The van der Waals surface area contributed by atoms with E-state index in [9.17, 15) is 4.79 Å². The predicted octanol–water partition coefficient (Wildman–Crippen LogP) is 3.19. The topological polar surface area (TPSA) is 87.6 Å². The largest absolute Gasteiger partial charge is 0.497 e. The van der Waals surface area contributed by atoms with Crippen LogP contribution in [0.25, 0.3) is 11.5 Å². The van der Waals surface area contributed by atoms with E-state index < -0.39 is 0 Å². The van der Waals surface area contributed by atoms with Crippen molar-refractivity contribution in [1.29, 1.82) is 0 Å². The van der Waals surface area contributed by atoms with Crippen LogP contribution in [-0.2, 0) is 16.1 Å². The van der Waals surface area contributed by atoms with Gasteiger partial charge in [-0.1, -0.05) is 5.16 Å². The van der Waals surface area contributed by atoms with Crippen LogP contribution in [0.1, 0.15) is 23.9 Å². The van der Waals surface area contributed by atoms with E-state index in [-0.39, 0.29) is 24.4 Å². The van der Waals surface area contributed by atoms with Gasteiger partial charge in [-0.2, -0.15) is 4.98 Å². The Morgan fingerprint density at radius 3 is 2.84 bits per heavy atom. The van der Waals surface area contributed by atoms with Gasteiger partial charge in [-0.25, -0.2) is 0 Å². The minimum atomic E-state index is -0.266. The molecule has 1 saturated carbocycles. The van der Waals surface area contributed by atoms with Crippen molar-refractivity contribution in [2.45, 2.75) is 18.9 Å². The Kier molecular flexibility index (Phi) is 3.97. The Morgan fingerprint density at radius 1 is 1.28 bits per heavy atom. The molecule has 0 amide bonds. The van der Waals surface area contributed by atoms with Crippen molar-refractivity contribution in [3.05, 3.63) is 54.2 Å². The molecule has 1 aliphatic carbocycles. The van der Waals surface area contributed by atoms with E-state index in [1.54, 1.807) is 25.5 Å². The minimum absolute atomic E-state index is 0.0140. The summed E-state index contributed by atoms with van der Waals surface area (Å²) in [5, 5.41) is 3.84. The number of rotatable bonds is 6. The van der Waals surface area contributed by atoms with Crippen LogP contribution >= 0.6 is 0 Å². The zero-order valence-electron chi connectivity index (χ0n) is 13.5. The van der Waals surface area contributed by atoms with E-state index in [1.165, 1.54) is 0 Å². The summed E-state index contributed by atoms with van der Waals surface area (Å²) in [6.07, 6.45) is 2.35. The molecule has 0 unspecified atom stereocenters. The number of furan rings is 1. The molecule has 1 fully saturated rings. The van der Waals surface area contributed by atoms with Crippen molar-refractivity contribution in [2.24, 2.45) is 5.92 Å². The molecule has 0 radical (unpaired) electrons. The van der Waals surface area contributed by atoms with Crippen molar-refractivity contribution in [2.75, 3.05) is 7.11 Å². The van der Waals surface area contributed by atoms with Gasteiger partial charge in [-0.15, -0.1) is 0 Å². The summed E-state index contributed by atoms with van der Waals surface area (Å²) in [5.74, 6) is 1.96. The van der Waals surface area contributed by atoms with Crippen molar-refractivity contribution >= 4 is 5.97 Å². The molecule has 4 rings (SSSR count). The standard InChI is InChI=1S/C18H16N2O5/c1-22-12-6-4-11(5-7-12)17-19-16(20-25-17)10-24-18(21)14-9-13(14)15-3-2-8-23-15/h2-8,13-14H,9-10H2,1H3/t13-,14-/m1/s1. The van der Waals surface area contributed by atoms with Gasteiger partial charge in [0.15, 0.2) is 6.61 Å². The lowest BCUT2D eigenvalue weighted by Gasteiger charge is -2.00. The molecule has 3 aromatic rings. The third-order valence-corrected chi connectivity index (χ3v) is 4.15. The first-order valence-corrected chi connectivity index (χ1v) is 7.91. The van der Waals surface area contributed by atoms with E-state index in [0.29, 0.717) is 11.7 Å². The van der Waals surface area contributed by atoms with E-state index in [0.717, 1.165) is 23.5 Å². The molecule has 0 spiro atoms. The Labute approximate surface area is 143 Å². The number of esters is 1. The summed E-state index contributed by atoms with van der Waals surface area (Å²) in [7, 11) is 1.60. The molecule has 7 heteroatoms. The van der Waals surface area contributed by atoms with Gasteiger partial charge in [0.05, 0.1) is 19.3 Å². The molecule has 0 N–H and O–H groups in total. The Bertz CT molecular complexity index is 854. The molecule has 128 valence electrons. The molecule has 0 bridgehead atoms. The molecule has 0 aliphatic heterocycles. The van der Waals surface area contributed by atoms with Crippen LogP contribution in [0.2, 0.25) is 0 Å². The van der Waals surface area contributed by atoms with Gasteiger partial charge < -0.3 is 18.4 Å². The molecule has 2 heterocycles. The van der Waals surface area contributed by atoms with Gasteiger partial charge in [0.2, 0.25) is 5.82 Å².